The first kappa shape index (κ1) is 16.7. The fraction of sp³-hybridized carbons (Fsp3) is 0.692. The number of hydrogen-bond acceptors (Lipinski definition) is 5. The molecule has 0 unspecified atom stereocenters. The number of likely N-dealkylation sites (tertiary alicyclic amines) is 1. The summed E-state index contributed by atoms with van der Waals surface area (Å²) in [4.78, 5) is 14.1. The van der Waals surface area contributed by atoms with Gasteiger partial charge in [-0.05, 0) is 0 Å². The highest BCUT2D eigenvalue weighted by Gasteiger charge is 2.40. The molecular formula is C13H19ClN4O4S. The van der Waals surface area contributed by atoms with E-state index in [0.29, 0.717) is 37.8 Å². The zero-order valence-corrected chi connectivity index (χ0v) is 14.3. The molecule has 0 saturated carbocycles. The van der Waals surface area contributed by atoms with Crippen LogP contribution in [0, 0.1) is 5.92 Å². The molecule has 1 amide bonds. The predicted octanol–water partition coefficient (Wildman–Crippen LogP) is -0.345. The summed E-state index contributed by atoms with van der Waals surface area (Å²) >= 11 is 5.79. The Hall–Kier alpha value is -1.16. The van der Waals surface area contributed by atoms with E-state index in [2.05, 4.69) is 5.10 Å². The molecule has 1 aromatic heterocycles. The number of aromatic nitrogens is 2. The minimum absolute atomic E-state index is 0.00242. The van der Waals surface area contributed by atoms with Crippen LogP contribution in [0.2, 0.25) is 5.02 Å². The quantitative estimate of drug-likeness (QED) is 0.734. The summed E-state index contributed by atoms with van der Waals surface area (Å²) in [5.41, 5.74) is 0. The second-order valence-corrected chi connectivity index (χ2v) is 8.36. The molecule has 10 heteroatoms. The molecule has 0 bridgehead atoms. The van der Waals surface area contributed by atoms with Gasteiger partial charge in [-0.3, -0.25) is 9.48 Å². The van der Waals surface area contributed by atoms with Crippen LogP contribution in [-0.2, 0) is 26.1 Å². The molecule has 2 fully saturated rings. The van der Waals surface area contributed by atoms with Crippen molar-refractivity contribution in [2.24, 2.45) is 5.92 Å². The van der Waals surface area contributed by atoms with E-state index in [-0.39, 0.29) is 24.5 Å². The van der Waals surface area contributed by atoms with Crippen LogP contribution in [0.15, 0.2) is 12.4 Å². The zero-order valence-electron chi connectivity index (χ0n) is 12.8. The van der Waals surface area contributed by atoms with Gasteiger partial charge in [-0.1, -0.05) is 11.6 Å². The van der Waals surface area contributed by atoms with Crippen molar-refractivity contribution in [1.82, 2.24) is 19.0 Å². The van der Waals surface area contributed by atoms with Gasteiger partial charge < -0.3 is 9.64 Å². The number of nitrogens with zero attached hydrogens (tertiary/aromatic N) is 4. The van der Waals surface area contributed by atoms with Crippen LogP contribution in [0.1, 0.15) is 0 Å². The Morgan fingerprint density at radius 3 is 2.87 bits per heavy atom. The molecule has 0 spiro atoms. The van der Waals surface area contributed by atoms with E-state index >= 15 is 0 Å². The van der Waals surface area contributed by atoms with Crippen LogP contribution in [0.5, 0.6) is 0 Å². The lowest BCUT2D eigenvalue weighted by molar-refractivity contribution is -0.131. The number of carbonyl (C=O) groups excluding carboxylic acids is 1. The minimum atomic E-state index is -3.25. The summed E-state index contributed by atoms with van der Waals surface area (Å²) in [6, 6.07) is 0. The molecule has 1 aromatic rings. The number of halogens is 1. The number of carbonyl (C=O) groups is 1. The van der Waals surface area contributed by atoms with E-state index in [1.165, 1.54) is 21.4 Å². The Bertz CT molecular complexity index is 692. The van der Waals surface area contributed by atoms with Gasteiger partial charge in [-0.2, -0.15) is 9.40 Å². The number of fused-ring (bicyclic) bond motifs is 1. The molecule has 0 aliphatic carbocycles. The molecule has 0 N–H and O–H groups in total. The minimum Gasteiger partial charge on any atom is -0.375 e. The molecule has 2 atom stereocenters. The van der Waals surface area contributed by atoms with Gasteiger partial charge in [0, 0.05) is 38.3 Å². The van der Waals surface area contributed by atoms with Crippen molar-refractivity contribution in [3.05, 3.63) is 17.4 Å². The van der Waals surface area contributed by atoms with Crippen molar-refractivity contribution in [2.45, 2.75) is 12.6 Å². The first-order chi connectivity index (χ1) is 10.8. The summed E-state index contributed by atoms with van der Waals surface area (Å²) in [7, 11) is -3.25. The fourth-order valence-electron chi connectivity index (χ4n) is 3.03. The molecule has 0 aromatic carbocycles. The number of rotatable bonds is 3. The molecule has 0 radical (unpaired) electrons. The van der Waals surface area contributed by atoms with Crippen molar-refractivity contribution in [3.8, 4) is 0 Å². The molecule has 128 valence electrons. The predicted molar refractivity (Wildman–Crippen MR) is 83.5 cm³/mol. The average Bonchev–Trinajstić information content (AvgIpc) is 2.98. The molecule has 3 rings (SSSR count). The SMILES string of the molecule is CS(=O)(=O)N1CCO[C@@H]2CN(C(=O)Cn3cc(Cl)cn3)C[C@@H]2C1. The van der Waals surface area contributed by atoms with Crippen molar-refractivity contribution in [1.29, 1.82) is 0 Å². The smallest absolute Gasteiger partial charge is 0.244 e. The summed E-state index contributed by atoms with van der Waals surface area (Å²) < 4.78 is 32.2. The largest absolute Gasteiger partial charge is 0.375 e. The van der Waals surface area contributed by atoms with Gasteiger partial charge >= 0.3 is 0 Å². The molecule has 2 aliphatic heterocycles. The Kier molecular flexibility index (Phi) is 4.63. The Balaban J connectivity index is 1.64. The molecule has 3 heterocycles. The van der Waals surface area contributed by atoms with Crippen LogP contribution < -0.4 is 0 Å². The van der Waals surface area contributed by atoms with Crippen LogP contribution >= 0.6 is 11.6 Å². The maximum Gasteiger partial charge on any atom is 0.244 e. The van der Waals surface area contributed by atoms with Gasteiger partial charge in [0.1, 0.15) is 6.54 Å². The van der Waals surface area contributed by atoms with Crippen molar-refractivity contribution >= 4 is 27.5 Å². The Labute approximate surface area is 140 Å². The zero-order chi connectivity index (χ0) is 16.6. The van der Waals surface area contributed by atoms with Crippen LogP contribution in [-0.4, -0.2) is 78.5 Å². The highest BCUT2D eigenvalue weighted by Crippen LogP contribution is 2.25. The third-order valence-electron chi connectivity index (χ3n) is 4.21. The summed E-state index contributed by atoms with van der Waals surface area (Å²) in [6.07, 6.45) is 4.16. The van der Waals surface area contributed by atoms with Gasteiger partial charge in [0.2, 0.25) is 15.9 Å². The van der Waals surface area contributed by atoms with Crippen LogP contribution in [0.25, 0.3) is 0 Å². The lowest BCUT2D eigenvalue weighted by Gasteiger charge is -2.21. The molecular weight excluding hydrogens is 344 g/mol. The number of hydrogen-bond donors (Lipinski definition) is 0. The fourth-order valence-corrected chi connectivity index (χ4v) is 4.06. The van der Waals surface area contributed by atoms with Gasteiger partial charge in [-0.15, -0.1) is 0 Å². The topological polar surface area (TPSA) is 84.7 Å². The summed E-state index contributed by atoms with van der Waals surface area (Å²) in [5.74, 6) is -0.0790. The van der Waals surface area contributed by atoms with Gasteiger partial charge in [0.15, 0.2) is 0 Å². The second kappa shape index (κ2) is 6.39. The lowest BCUT2D eigenvalue weighted by atomic mass is 10.1. The van der Waals surface area contributed by atoms with Crippen molar-refractivity contribution < 1.29 is 17.9 Å². The summed E-state index contributed by atoms with van der Waals surface area (Å²) in [6.45, 7) is 2.19. The normalized spacial score (nSPS) is 26.1. The van der Waals surface area contributed by atoms with E-state index in [0.717, 1.165) is 0 Å². The van der Waals surface area contributed by atoms with Crippen molar-refractivity contribution in [2.75, 3.05) is 39.0 Å². The van der Waals surface area contributed by atoms with E-state index in [1.807, 2.05) is 0 Å². The van der Waals surface area contributed by atoms with Gasteiger partial charge in [-0.25, -0.2) is 8.42 Å². The monoisotopic (exact) mass is 362 g/mol. The standard InChI is InChI=1S/C13H19ClN4O4S/c1-23(20,21)18-2-3-22-12-8-16(5-10(12)6-18)13(19)9-17-7-11(14)4-15-17/h4,7,10,12H,2-3,5-6,8-9H2,1H3/t10-,12-/m1/s1. The first-order valence-electron chi connectivity index (χ1n) is 7.35. The highest BCUT2D eigenvalue weighted by atomic mass is 35.5. The van der Waals surface area contributed by atoms with E-state index in [1.54, 1.807) is 11.1 Å². The van der Waals surface area contributed by atoms with E-state index in [9.17, 15) is 13.2 Å². The third-order valence-corrected chi connectivity index (χ3v) is 5.68. The maximum atomic E-state index is 12.4. The van der Waals surface area contributed by atoms with Crippen molar-refractivity contribution in [3.63, 3.8) is 0 Å². The summed E-state index contributed by atoms with van der Waals surface area (Å²) in [5, 5.41) is 4.48. The third kappa shape index (κ3) is 3.85. The number of ether oxygens (including phenoxy) is 1. The van der Waals surface area contributed by atoms with Crippen LogP contribution in [0.3, 0.4) is 0 Å². The maximum absolute atomic E-state index is 12.4. The number of amides is 1. The molecule has 2 aliphatic rings. The van der Waals surface area contributed by atoms with Gasteiger partial charge in [0.05, 0.1) is 30.2 Å². The number of sulfonamides is 1. The first-order valence-corrected chi connectivity index (χ1v) is 9.58. The lowest BCUT2D eigenvalue weighted by Crippen LogP contribution is -2.37. The average molecular weight is 363 g/mol. The molecule has 2 saturated heterocycles. The second-order valence-electron chi connectivity index (χ2n) is 5.95. The highest BCUT2D eigenvalue weighted by molar-refractivity contribution is 7.88. The van der Waals surface area contributed by atoms with E-state index in [4.69, 9.17) is 16.3 Å². The van der Waals surface area contributed by atoms with E-state index < -0.39 is 10.0 Å². The Morgan fingerprint density at radius 2 is 2.22 bits per heavy atom. The van der Waals surface area contributed by atoms with Crippen LogP contribution in [0.4, 0.5) is 0 Å². The van der Waals surface area contributed by atoms with Gasteiger partial charge in [0.25, 0.3) is 0 Å². The Morgan fingerprint density at radius 1 is 1.43 bits per heavy atom. The molecule has 23 heavy (non-hydrogen) atoms. The molecule has 8 nitrogen and oxygen atoms in total.